The van der Waals surface area contributed by atoms with Gasteiger partial charge in [0.05, 0.1) is 17.3 Å². The van der Waals surface area contributed by atoms with E-state index in [2.05, 4.69) is 18.9 Å². The van der Waals surface area contributed by atoms with Crippen molar-refractivity contribution < 1.29 is 13.9 Å². The van der Waals surface area contributed by atoms with E-state index in [9.17, 15) is 9.18 Å². The second kappa shape index (κ2) is 9.35. The molecule has 5 heteroatoms. The maximum Gasteiger partial charge on any atom is 0.315 e. The Bertz CT molecular complexity index is 697. The fourth-order valence-corrected chi connectivity index (χ4v) is 2.78. The SMILES string of the molecule is CCCCC(CC)C(=O)Oc1cc(CCC)nn1-c1cccc(F)c1. The van der Waals surface area contributed by atoms with E-state index in [0.29, 0.717) is 11.6 Å². The van der Waals surface area contributed by atoms with Crippen molar-refractivity contribution in [2.24, 2.45) is 5.92 Å². The summed E-state index contributed by atoms with van der Waals surface area (Å²) in [7, 11) is 0. The lowest BCUT2D eigenvalue weighted by Crippen LogP contribution is -2.21. The van der Waals surface area contributed by atoms with Crippen molar-refractivity contribution in [2.45, 2.75) is 59.3 Å². The van der Waals surface area contributed by atoms with Crippen LogP contribution in [0.1, 0.15) is 58.6 Å². The second-order valence-corrected chi connectivity index (χ2v) is 6.28. The van der Waals surface area contributed by atoms with Gasteiger partial charge in [-0.2, -0.15) is 5.10 Å². The van der Waals surface area contributed by atoms with Gasteiger partial charge in [0, 0.05) is 6.07 Å². The molecule has 0 aliphatic carbocycles. The lowest BCUT2D eigenvalue weighted by Gasteiger charge is -2.14. The highest BCUT2D eigenvalue weighted by Gasteiger charge is 2.21. The van der Waals surface area contributed by atoms with Gasteiger partial charge in [0.25, 0.3) is 0 Å². The molecule has 0 aliphatic rings. The molecule has 1 aromatic carbocycles. The lowest BCUT2D eigenvalue weighted by atomic mass is 10.00. The number of carbonyl (C=O) groups is 1. The first-order valence-corrected chi connectivity index (χ1v) is 9.15. The van der Waals surface area contributed by atoms with Crippen LogP contribution in [0.3, 0.4) is 0 Å². The predicted molar refractivity (Wildman–Crippen MR) is 96.5 cm³/mol. The Balaban J connectivity index is 2.27. The minimum absolute atomic E-state index is 0.120. The van der Waals surface area contributed by atoms with E-state index in [1.807, 2.05) is 6.92 Å². The number of halogens is 1. The topological polar surface area (TPSA) is 44.1 Å². The van der Waals surface area contributed by atoms with Gasteiger partial charge in [-0.1, -0.05) is 46.1 Å². The highest BCUT2D eigenvalue weighted by atomic mass is 19.1. The van der Waals surface area contributed by atoms with Gasteiger partial charge in [-0.25, -0.2) is 9.07 Å². The first kappa shape index (κ1) is 19.2. The number of rotatable bonds is 9. The molecule has 1 aromatic heterocycles. The Morgan fingerprint density at radius 3 is 2.68 bits per heavy atom. The summed E-state index contributed by atoms with van der Waals surface area (Å²) in [5.74, 6) is -0.354. The highest BCUT2D eigenvalue weighted by molar-refractivity contribution is 5.74. The molecule has 136 valence electrons. The van der Waals surface area contributed by atoms with Crippen LogP contribution in [0.25, 0.3) is 5.69 Å². The minimum Gasteiger partial charge on any atom is -0.407 e. The molecule has 0 bridgehead atoms. The van der Waals surface area contributed by atoms with Crippen LogP contribution in [-0.4, -0.2) is 15.7 Å². The highest BCUT2D eigenvalue weighted by Crippen LogP contribution is 2.23. The molecule has 2 rings (SSSR count). The van der Waals surface area contributed by atoms with Crippen LogP contribution < -0.4 is 4.74 Å². The second-order valence-electron chi connectivity index (χ2n) is 6.28. The van der Waals surface area contributed by atoms with Gasteiger partial charge in [0.2, 0.25) is 5.88 Å². The van der Waals surface area contributed by atoms with Crippen LogP contribution in [0.2, 0.25) is 0 Å². The summed E-state index contributed by atoms with van der Waals surface area (Å²) in [5.41, 5.74) is 1.38. The van der Waals surface area contributed by atoms with Crippen molar-refractivity contribution in [2.75, 3.05) is 0 Å². The van der Waals surface area contributed by atoms with Crippen molar-refractivity contribution in [3.05, 3.63) is 41.8 Å². The Hall–Kier alpha value is -2.17. The van der Waals surface area contributed by atoms with Crippen molar-refractivity contribution in [1.82, 2.24) is 9.78 Å². The number of unbranched alkanes of at least 4 members (excludes halogenated alkanes) is 1. The summed E-state index contributed by atoms with van der Waals surface area (Å²) < 4.78 is 20.7. The lowest BCUT2D eigenvalue weighted by molar-refractivity contribution is -0.139. The van der Waals surface area contributed by atoms with Crippen molar-refractivity contribution in [1.29, 1.82) is 0 Å². The molecule has 0 N–H and O–H groups in total. The van der Waals surface area contributed by atoms with Gasteiger partial charge in [-0.3, -0.25) is 4.79 Å². The first-order chi connectivity index (χ1) is 12.1. The fourth-order valence-electron chi connectivity index (χ4n) is 2.78. The van der Waals surface area contributed by atoms with Gasteiger partial charge < -0.3 is 4.74 Å². The molecule has 1 unspecified atom stereocenters. The van der Waals surface area contributed by atoms with Crippen LogP contribution in [0.15, 0.2) is 30.3 Å². The molecule has 25 heavy (non-hydrogen) atoms. The summed E-state index contributed by atoms with van der Waals surface area (Å²) in [6.45, 7) is 6.16. The Morgan fingerprint density at radius 1 is 1.24 bits per heavy atom. The number of ether oxygens (including phenoxy) is 1. The summed E-state index contributed by atoms with van der Waals surface area (Å²) in [6, 6.07) is 7.90. The maximum absolute atomic E-state index is 13.6. The molecule has 0 fully saturated rings. The summed E-state index contributed by atoms with van der Waals surface area (Å²) >= 11 is 0. The first-order valence-electron chi connectivity index (χ1n) is 9.15. The Kier molecular flexibility index (Phi) is 7.16. The largest absolute Gasteiger partial charge is 0.407 e. The summed E-state index contributed by atoms with van der Waals surface area (Å²) in [4.78, 5) is 12.5. The number of hydrogen-bond donors (Lipinski definition) is 0. The van der Waals surface area contributed by atoms with E-state index in [1.54, 1.807) is 18.2 Å². The van der Waals surface area contributed by atoms with E-state index < -0.39 is 0 Å². The van der Waals surface area contributed by atoms with Crippen LogP contribution in [0.4, 0.5) is 4.39 Å². The van der Waals surface area contributed by atoms with Crippen LogP contribution in [0, 0.1) is 11.7 Å². The van der Waals surface area contributed by atoms with Crippen LogP contribution in [-0.2, 0) is 11.2 Å². The van der Waals surface area contributed by atoms with E-state index in [4.69, 9.17) is 4.74 Å². The summed E-state index contributed by atoms with van der Waals surface area (Å²) in [6.07, 6.45) is 5.32. The number of aryl methyl sites for hydroxylation is 1. The number of hydrogen-bond acceptors (Lipinski definition) is 3. The molecule has 0 spiro atoms. The molecule has 0 saturated carbocycles. The van der Waals surface area contributed by atoms with Crippen molar-refractivity contribution in [3.8, 4) is 11.6 Å². The molecule has 0 aliphatic heterocycles. The van der Waals surface area contributed by atoms with E-state index in [-0.39, 0.29) is 17.7 Å². The summed E-state index contributed by atoms with van der Waals surface area (Å²) in [5, 5.41) is 4.48. The van der Waals surface area contributed by atoms with E-state index >= 15 is 0 Å². The molecule has 1 atom stereocenters. The van der Waals surface area contributed by atoms with Crippen LogP contribution >= 0.6 is 0 Å². The van der Waals surface area contributed by atoms with Gasteiger partial charge in [-0.05, 0) is 37.5 Å². The third-order valence-corrected chi connectivity index (χ3v) is 4.22. The molecule has 2 aromatic rings. The fraction of sp³-hybridized carbons (Fsp3) is 0.500. The normalized spacial score (nSPS) is 12.2. The monoisotopic (exact) mass is 346 g/mol. The number of nitrogens with zero attached hydrogens (tertiary/aromatic N) is 2. The van der Waals surface area contributed by atoms with Gasteiger partial charge in [0.1, 0.15) is 5.82 Å². The molecule has 0 saturated heterocycles. The average molecular weight is 346 g/mol. The predicted octanol–water partition coefficient (Wildman–Crippen LogP) is 5.09. The Morgan fingerprint density at radius 2 is 2.04 bits per heavy atom. The number of esters is 1. The maximum atomic E-state index is 13.6. The molecule has 1 heterocycles. The zero-order valence-corrected chi connectivity index (χ0v) is 15.3. The van der Waals surface area contributed by atoms with Gasteiger partial charge >= 0.3 is 5.97 Å². The standard InChI is InChI=1S/C20H27FN2O2/c1-4-7-10-15(6-3)20(24)25-19-14-17(9-5-2)22-23(19)18-12-8-11-16(21)13-18/h8,11-15H,4-7,9-10H2,1-3H3. The van der Waals surface area contributed by atoms with E-state index in [0.717, 1.165) is 44.2 Å². The molecular formula is C20H27FN2O2. The zero-order valence-electron chi connectivity index (χ0n) is 15.3. The van der Waals surface area contributed by atoms with E-state index in [1.165, 1.54) is 16.8 Å². The molecule has 0 amide bonds. The van der Waals surface area contributed by atoms with Gasteiger partial charge in [-0.15, -0.1) is 0 Å². The number of benzene rings is 1. The average Bonchev–Trinajstić information content (AvgIpc) is 2.98. The third-order valence-electron chi connectivity index (χ3n) is 4.22. The quantitative estimate of drug-likeness (QED) is 0.594. The number of carbonyl (C=O) groups excluding carboxylic acids is 1. The van der Waals surface area contributed by atoms with Crippen LogP contribution in [0.5, 0.6) is 5.88 Å². The van der Waals surface area contributed by atoms with Crippen molar-refractivity contribution in [3.63, 3.8) is 0 Å². The smallest absolute Gasteiger partial charge is 0.315 e. The van der Waals surface area contributed by atoms with Crippen molar-refractivity contribution >= 4 is 5.97 Å². The molecule has 4 nitrogen and oxygen atoms in total. The molecule has 0 radical (unpaired) electrons. The third kappa shape index (κ3) is 5.15. The Labute approximate surface area is 149 Å². The minimum atomic E-state index is -0.350. The number of aromatic nitrogens is 2. The van der Waals surface area contributed by atoms with Gasteiger partial charge in [0.15, 0.2) is 0 Å². The zero-order chi connectivity index (χ0) is 18.2. The molecular weight excluding hydrogens is 319 g/mol.